The van der Waals surface area contributed by atoms with Gasteiger partial charge in [0, 0.05) is 16.3 Å². The van der Waals surface area contributed by atoms with Crippen molar-refractivity contribution in [3.8, 4) is 11.5 Å². The normalized spacial score (nSPS) is 10.9. The molecule has 0 atom stereocenters. The number of hydrogen-bond donors (Lipinski definition) is 2. The second kappa shape index (κ2) is 11.7. The maximum Gasteiger partial charge on any atom is 0.343 e. The molecule has 35 heavy (non-hydrogen) atoms. The zero-order valence-electron chi connectivity index (χ0n) is 18.4. The van der Waals surface area contributed by atoms with Crippen molar-refractivity contribution in [1.29, 1.82) is 0 Å². The maximum atomic E-state index is 12.4. The Bertz CT molecular complexity index is 1330. The lowest BCUT2D eigenvalue weighted by molar-refractivity contribution is -0.136. The molecule has 0 spiro atoms. The van der Waals surface area contributed by atoms with Crippen molar-refractivity contribution >= 4 is 64.0 Å². The summed E-state index contributed by atoms with van der Waals surface area (Å²) in [5.41, 5.74) is 3.67. The Kier molecular flexibility index (Phi) is 8.70. The van der Waals surface area contributed by atoms with Gasteiger partial charge in [-0.05, 0) is 61.5 Å². The first-order valence-corrected chi connectivity index (χ1v) is 11.1. The lowest BCUT2D eigenvalue weighted by Crippen LogP contribution is -2.32. The minimum absolute atomic E-state index is 0.180. The van der Waals surface area contributed by atoms with E-state index in [0.29, 0.717) is 27.0 Å². The van der Waals surface area contributed by atoms with Crippen LogP contribution in [-0.2, 0) is 9.59 Å². The molecule has 0 bridgehead atoms. The summed E-state index contributed by atoms with van der Waals surface area (Å²) in [6.45, 7) is 1.61. The summed E-state index contributed by atoms with van der Waals surface area (Å²) in [6, 6.07) is 15.5. The molecular formula is C24H18Cl3N3O5. The fraction of sp³-hybridized carbons (Fsp3) is 0.0833. The van der Waals surface area contributed by atoms with Crippen LogP contribution in [0.15, 0.2) is 65.8 Å². The standard InChI is InChI=1S/C24H18Cl3N3O5/c1-13(29-30-23(32)22(31)28-17-7-8-18(26)19(27)12-17)14-6-9-20(21(11-14)34-2)35-24(33)15-4-3-5-16(25)10-15/h3-12H,1-2H3,(H,28,31)(H,30,32). The number of esters is 1. The number of carbonyl (C=O) groups excluding carboxylic acids is 3. The van der Waals surface area contributed by atoms with Crippen LogP contribution in [0.1, 0.15) is 22.8 Å². The molecule has 11 heteroatoms. The first-order valence-electron chi connectivity index (χ1n) is 9.94. The minimum atomic E-state index is -0.991. The predicted molar refractivity (Wildman–Crippen MR) is 135 cm³/mol. The third-order valence-electron chi connectivity index (χ3n) is 4.55. The average molecular weight is 535 g/mol. The number of hydrogen-bond acceptors (Lipinski definition) is 6. The number of ether oxygens (including phenoxy) is 2. The number of amides is 2. The third-order valence-corrected chi connectivity index (χ3v) is 5.53. The lowest BCUT2D eigenvalue weighted by Gasteiger charge is -2.11. The summed E-state index contributed by atoms with van der Waals surface area (Å²) >= 11 is 17.7. The molecule has 0 aliphatic rings. The number of benzene rings is 3. The number of nitrogens with zero attached hydrogens (tertiary/aromatic N) is 1. The molecule has 2 N–H and O–H groups in total. The smallest absolute Gasteiger partial charge is 0.343 e. The van der Waals surface area contributed by atoms with Crippen LogP contribution in [0, 0.1) is 0 Å². The highest BCUT2D eigenvalue weighted by Gasteiger charge is 2.16. The molecule has 3 aromatic rings. The molecular weight excluding hydrogens is 517 g/mol. The van der Waals surface area contributed by atoms with Crippen molar-refractivity contribution in [3.63, 3.8) is 0 Å². The Morgan fingerprint density at radius 1 is 0.829 bits per heavy atom. The number of anilines is 1. The van der Waals surface area contributed by atoms with E-state index in [-0.39, 0.29) is 22.1 Å². The van der Waals surface area contributed by atoms with Crippen molar-refractivity contribution in [2.45, 2.75) is 6.92 Å². The first-order chi connectivity index (χ1) is 16.7. The van der Waals surface area contributed by atoms with Gasteiger partial charge < -0.3 is 14.8 Å². The van der Waals surface area contributed by atoms with Gasteiger partial charge >= 0.3 is 17.8 Å². The molecule has 8 nitrogen and oxygen atoms in total. The van der Waals surface area contributed by atoms with Crippen LogP contribution in [0.25, 0.3) is 0 Å². The summed E-state index contributed by atoms with van der Waals surface area (Å²) in [5, 5.41) is 7.29. The van der Waals surface area contributed by atoms with Gasteiger partial charge in [0.15, 0.2) is 11.5 Å². The summed E-state index contributed by atoms with van der Waals surface area (Å²) in [7, 11) is 1.41. The van der Waals surface area contributed by atoms with E-state index in [1.165, 1.54) is 37.4 Å². The van der Waals surface area contributed by atoms with Gasteiger partial charge in [-0.15, -0.1) is 0 Å². The second-order valence-corrected chi connectivity index (χ2v) is 8.24. The fourth-order valence-corrected chi connectivity index (χ4v) is 3.25. The lowest BCUT2D eigenvalue weighted by atomic mass is 10.1. The van der Waals surface area contributed by atoms with Gasteiger partial charge in [-0.2, -0.15) is 5.10 Å². The molecule has 3 rings (SSSR count). The molecule has 0 saturated carbocycles. The van der Waals surface area contributed by atoms with Gasteiger partial charge in [-0.3, -0.25) is 9.59 Å². The highest BCUT2D eigenvalue weighted by atomic mass is 35.5. The van der Waals surface area contributed by atoms with Crippen LogP contribution in [0.5, 0.6) is 11.5 Å². The Balaban J connectivity index is 1.66. The molecule has 180 valence electrons. The van der Waals surface area contributed by atoms with Crippen LogP contribution in [0.2, 0.25) is 15.1 Å². The number of halogens is 3. The van der Waals surface area contributed by atoms with Gasteiger partial charge in [-0.25, -0.2) is 10.2 Å². The van der Waals surface area contributed by atoms with E-state index in [4.69, 9.17) is 44.3 Å². The van der Waals surface area contributed by atoms with Crippen LogP contribution in [0.4, 0.5) is 5.69 Å². The van der Waals surface area contributed by atoms with Gasteiger partial charge in [0.1, 0.15) is 0 Å². The number of hydrazone groups is 1. The van der Waals surface area contributed by atoms with Crippen molar-refractivity contribution in [2.24, 2.45) is 5.10 Å². The second-order valence-electron chi connectivity index (χ2n) is 6.99. The highest BCUT2D eigenvalue weighted by Crippen LogP contribution is 2.29. The van der Waals surface area contributed by atoms with E-state index in [1.54, 1.807) is 37.3 Å². The molecule has 2 amide bonds. The Morgan fingerprint density at radius 2 is 1.60 bits per heavy atom. The zero-order valence-corrected chi connectivity index (χ0v) is 20.7. The zero-order chi connectivity index (χ0) is 25.5. The highest BCUT2D eigenvalue weighted by molar-refractivity contribution is 6.43. The Labute approximate surface area is 215 Å². The minimum Gasteiger partial charge on any atom is -0.493 e. The summed E-state index contributed by atoms with van der Waals surface area (Å²) < 4.78 is 10.7. The van der Waals surface area contributed by atoms with Crippen LogP contribution in [0.3, 0.4) is 0 Å². The number of methoxy groups -OCH3 is 1. The molecule has 0 aliphatic carbocycles. The fourth-order valence-electron chi connectivity index (χ4n) is 2.76. The summed E-state index contributed by atoms with van der Waals surface area (Å²) in [6.07, 6.45) is 0. The number of rotatable bonds is 6. The summed E-state index contributed by atoms with van der Waals surface area (Å²) in [4.78, 5) is 36.6. The predicted octanol–water partition coefficient (Wildman–Crippen LogP) is 5.35. The number of carbonyl (C=O) groups is 3. The van der Waals surface area contributed by atoms with Gasteiger partial charge in [0.2, 0.25) is 0 Å². The Morgan fingerprint density at radius 3 is 2.29 bits per heavy atom. The molecule has 0 fully saturated rings. The van der Waals surface area contributed by atoms with Crippen molar-refractivity contribution in [3.05, 3.63) is 86.9 Å². The van der Waals surface area contributed by atoms with E-state index in [9.17, 15) is 14.4 Å². The molecule has 0 radical (unpaired) electrons. The topological polar surface area (TPSA) is 106 Å². The SMILES string of the molecule is COc1cc(C(C)=NNC(=O)C(=O)Nc2ccc(Cl)c(Cl)c2)ccc1OC(=O)c1cccc(Cl)c1. The summed E-state index contributed by atoms with van der Waals surface area (Å²) in [5.74, 6) is -2.10. The van der Waals surface area contributed by atoms with Crippen molar-refractivity contribution in [2.75, 3.05) is 12.4 Å². The third kappa shape index (κ3) is 6.95. The maximum absolute atomic E-state index is 12.4. The van der Waals surface area contributed by atoms with Gasteiger partial charge in [-0.1, -0.05) is 40.9 Å². The van der Waals surface area contributed by atoms with E-state index in [1.807, 2.05) is 0 Å². The molecule has 0 unspecified atom stereocenters. The molecule has 3 aromatic carbocycles. The van der Waals surface area contributed by atoms with Crippen LogP contribution in [-0.4, -0.2) is 30.6 Å². The van der Waals surface area contributed by atoms with E-state index >= 15 is 0 Å². The number of nitrogens with one attached hydrogen (secondary N) is 2. The van der Waals surface area contributed by atoms with Crippen molar-refractivity contribution < 1.29 is 23.9 Å². The van der Waals surface area contributed by atoms with Crippen LogP contribution < -0.4 is 20.2 Å². The average Bonchev–Trinajstić information content (AvgIpc) is 2.84. The van der Waals surface area contributed by atoms with E-state index < -0.39 is 17.8 Å². The van der Waals surface area contributed by atoms with E-state index in [2.05, 4.69) is 15.8 Å². The largest absolute Gasteiger partial charge is 0.493 e. The quantitative estimate of drug-likeness (QED) is 0.146. The van der Waals surface area contributed by atoms with E-state index in [0.717, 1.165) is 0 Å². The molecule has 0 aliphatic heterocycles. The van der Waals surface area contributed by atoms with Gasteiger partial charge in [0.25, 0.3) is 0 Å². The Hall–Kier alpha value is -3.59. The monoisotopic (exact) mass is 533 g/mol. The van der Waals surface area contributed by atoms with Crippen LogP contribution >= 0.6 is 34.8 Å². The molecule has 0 saturated heterocycles. The molecule has 0 aromatic heterocycles. The molecule has 0 heterocycles. The van der Waals surface area contributed by atoms with Crippen molar-refractivity contribution in [1.82, 2.24) is 5.43 Å². The first kappa shape index (κ1) is 26.0. The van der Waals surface area contributed by atoms with Gasteiger partial charge in [0.05, 0.1) is 28.4 Å².